The van der Waals surface area contributed by atoms with Crippen LogP contribution >= 0.6 is 0 Å². The number of rotatable bonds is 5. The first kappa shape index (κ1) is 22.1. The van der Waals surface area contributed by atoms with Crippen LogP contribution in [0.1, 0.15) is 45.9 Å². The summed E-state index contributed by atoms with van der Waals surface area (Å²) in [5, 5.41) is 10.1. The second-order valence-corrected chi connectivity index (χ2v) is 9.30. The first-order valence-electron chi connectivity index (χ1n) is 11.3. The van der Waals surface area contributed by atoms with Crippen molar-refractivity contribution in [3.8, 4) is 0 Å². The summed E-state index contributed by atoms with van der Waals surface area (Å²) in [6.07, 6.45) is 4.33. The Morgan fingerprint density at radius 3 is 2.41 bits per heavy atom. The maximum absolute atomic E-state index is 10.1. The largest absolute Gasteiger partial charge is 0.384 e. The van der Waals surface area contributed by atoms with Gasteiger partial charge in [0.25, 0.3) is 0 Å². The number of nitrogens with one attached hydrogen (secondary N) is 2. The van der Waals surface area contributed by atoms with Gasteiger partial charge in [-0.2, -0.15) is 0 Å². The second kappa shape index (κ2) is 8.82. The summed E-state index contributed by atoms with van der Waals surface area (Å²) in [4.78, 5) is 13.7. The lowest BCUT2D eigenvalue weighted by molar-refractivity contribution is 0.0734. The van der Waals surface area contributed by atoms with Gasteiger partial charge in [-0.05, 0) is 51.3 Å². The van der Waals surface area contributed by atoms with Crippen LogP contribution in [0.4, 0.5) is 5.82 Å². The summed E-state index contributed by atoms with van der Waals surface area (Å²) in [5.41, 5.74) is 11.6. The molecular weight excluding hydrogens is 400 g/mol. The van der Waals surface area contributed by atoms with E-state index in [9.17, 15) is 5.11 Å². The van der Waals surface area contributed by atoms with Crippen molar-refractivity contribution < 1.29 is 5.11 Å². The van der Waals surface area contributed by atoms with Gasteiger partial charge < -0.3 is 20.3 Å². The van der Waals surface area contributed by atoms with Crippen molar-refractivity contribution in [2.24, 2.45) is 0 Å². The maximum Gasteiger partial charge on any atom is 0.147 e. The van der Waals surface area contributed by atoms with Crippen LogP contribution in [0.5, 0.6) is 0 Å². The highest BCUT2D eigenvalue weighted by Gasteiger charge is 2.29. The lowest BCUT2D eigenvalue weighted by atomic mass is 10.00. The normalized spacial score (nSPS) is 19.8. The van der Waals surface area contributed by atoms with Crippen molar-refractivity contribution in [1.29, 1.82) is 0 Å². The molecule has 0 unspecified atom stereocenters. The van der Waals surface area contributed by atoms with E-state index in [0.29, 0.717) is 5.69 Å². The van der Waals surface area contributed by atoms with E-state index < -0.39 is 5.60 Å². The lowest BCUT2D eigenvalue weighted by Gasteiger charge is -2.44. The first-order chi connectivity index (χ1) is 15.2. The Balaban J connectivity index is 1.46. The second-order valence-electron chi connectivity index (χ2n) is 9.30. The van der Waals surface area contributed by atoms with Gasteiger partial charge >= 0.3 is 0 Å². The number of anilines is 1. The summed E-state index contributed by atoms with van der Waals surface area (Å²) in [7, 11) is 0. The Labute approximate surface area is 190 Å². The molecule has 0 aliphatic carbocycles. The molecule has 2 aromatic rings. The minimum absolute atomic E-state index is 0.281. The van der Waals surface area contributed by atoms with Crippen molar-refractivity contribution in [3.63, 3.8) is 0 Å². The van der Waals surface area contributed by atoms with Gasteiger partial charge in [0.2, 0.25) is 0 Å². The third-order valence-electron chi connectivity index (χ3n) is 6.43. The number of allylic oxidation sites excluding steroid dienone is 3. The molecule has 170 valence electrons. The van der Waals surface area contributed by atoms with Crippen LogP contribution < -0.4 is 15.8 Å². The number of aliphatic hydroxyl groups is 1. The van der Waals surface area contributed by atoms with Crippen LogP contribution in [-0.2, 0) is 12.0 Å². The number of hydrogen-bond acceptors (Lipinski definition) is 7. The van der Waals surface area contributed by atoms with Gasteiger partial charge in [-0.3, -0.25) is 10.4 Å². The number of aromatic nitrogens is 2. The molecule has 2 aliphatic rings. The molecule has 0 bridgehead atoms. The van der Waals surface area contributed by atoms with Crippen molar-refractivity contribution in [2.75, 3.05) is 24.5 Å². The molecule has 1 aromatic carbocycles. The van der Waals surface area contributed by atoms with Gasteiger partial charge in [0.05, 0.1) is 18.1 Å². The van der Waals surface area contributed by atoms with E-state index in [1.165, 1.54) is 22.4 Å². The van der Waals surface area contributed by atoms with Gasteiger partial charge in [0.15, 0.2) is 0 Å². The number of nitrogens with zero attached hydrogens (tertiary/aromatic N) is 4. The molecule has 3 N–H and O–H groups in total. The fourth-order valence-corrected chi connectivity index (χ4v) is 4.31. The molecule has 1 aromatic heterocycles. The van der Waals surface area contributed by atoms with E-state index in [2.05, 4.69) is 81.7 Å². The summed E-state index contributed by atoms with van der Waals surface area (Å²) in [6.45, 7) is 12.7. The van der Waals surface area contributed by atoms with Crippen LogP contribution in [0.2, 0.25) is 0 Å². The molecule has 0 amide bonds. The van der Waals surface area contributed by atoms with Gasteiger partial charge in [-0.1, -0.05) is 30.3 Å². The number of benzene rings is 1. The molecule has 7 heteroatoms. The predicted molar refractivity (Wildman–Crippen MR) is 127 cm³/mol. The molecule has 0 saturated carbocycles. The Morgan fingerprint density at radius 2 is 1.78 bits per heavy atom. The highest BCUT2D eigenvalue weighted by Crippen LogP contribution is 2.27. The van der Waals surface area contributed by atoms with E-state index in [1.807, 2.05) is 0 Å². The van der Waals surface area contributed by atoms with Crippen LogP contribution in [0.3, 0.4) is 0 Å². The molecule has 0 radical (unpaired) electrons. The Bertz CT molecular complexity index is 1010. The van der Waals surface area contributed by atoms with Gasteiger partial charge in [-0.15, -0.1) is 0 Å². The van der Waals surface area contributed by atoms with Gasteiger partial charge in [0.1, 0.15) is 17.2 Å². The Kier molecular flexibility index (Phi) is 6.11. The summed E-state index contributed by atoms with van der Waals surface area (Å²) >= 11 is 0. The number of hydrogen-bond donors (Lipinski definition) is 3. The van der Waals surface area contributed by atoms with Gasteiger partial charge in [0, 0.05) is 37.8 Å². The minimum atomic E-state index is -0.982. The van der Waals surface area contributed by atoms with Crippen LogP contribution in [-0.4, -0.2) is 45.7 Å². The topological polar surface area (TPSA) is 76.5 Å². The molecule has 3 heterocycles. The van der Waals surface area contributed by atoms with E-state index >= 15 is 0 Å². The van der Waals surface area contributed by atoms with Crippen LogP contribution in [0, 0.1) is 0 Å². The highest BCUT2D eigenvalue weighted by molar-refractivity contribution is 5.42. The van der Waals surface area contributed by atoms with Gasteiger partial charge in [-0.25, -0.2) is 4.98 Å². The summed E-state index contributed by atoms with van der Waals surface area (Å²) < 4.78 is 0. The standard InChI is InChI=1S/C25H34N6O/c1-17-16-30(11-12-31(17)23-15-26-22(14-27-23)25(4,5)32)24-19(3)18(2)21(28-29-24)13-20-9-7-6-8-10-20/h6-10,14-15,17,28-29,32H,11-13,16H2,1-5H3/t17-/m1/s1. The molecule has 7 nitrogen and oxygen atoms in total. The van der Waals surface area contributed by atoms with E-state index in [0.717, 1.165) is 37.7 Å². The molecule has 1 fully saturated rings. The molecule has 4 rings (SSSR count). The quantitative estimate of drug-likeness (QED) is 0.668. The van der Waals surface area contributed by atoms with Crippen molar-refractivity contribution in [2.45, 2.75) is 52.7 Å². The van der Waals surface area contributed by atoms with Crippen LogP contribution in [0.15, 0.2) is 65.4 Å². The lowest BCUT2D eigenvalue weighted by Crippen LogP contribution is -2.55. The van der Waals surface area contributed by atoms with Crippen molar-refractivity contribution in [3.05, 3.63) is 76.6 Å². The summed E-state index contributed by atoms with van der Waals surface area (Å²) in [5.74, 6) is 2.00. The van der Waals surface area contributed by atoms with Crippen molar-refractivity contribution >= 4 is 5.82 Å². The van der Waals surface area contributed by atoms with E-state index in [1.54, 1.807) is 26.2 Å². The summed E-state index contributed by atoms with van der Waals surface area (Å²) in [6, 6.07) is 10.8. The Hall–Kier alpha value is -3.06. The molecule has 1 saturated heterocycles. The fraction of sp³-hybridized carbons (Fsp3) is 0.440. The maximum atomic E-state index is 10.1. The van der Waals surface area contributed by atoms with Crippen LogP contribution in [0.25, 0.3) is 0 Å². The molecule has 32 heavy (non-hydrogen) atoms. The Morgan fingerprint density at radius 1 is 1.03 bits per heavy atom. The molecule has 1 atom stereocenters. The third-order valence-corrected chi connectivity index (χ3v) is 6.43. The third kappa shape index (κ3) is 4.58. The number of piperazine rings is 1. The average molecular weight is 435 g/mol. The average Bonchev–Trinajstić information content (AvgIpc) is 2.77. The highest BCUT2D eigenvalue weighted by atomic mass is 16.3. The zero-order valence-corrected chi connectivity index (χ0v) is 19.7. The zero-order valence-electron chi connectivity index (χ0n) is 19.7. The monoisotopic (exact) mass is 434 g/mol. The predicted octanol–water partition coefficient (Wildman–Crippen LogP) is 3.07. The van der Waals surface area contributed by atoms with E-state index in [-0.39, 0.29) is 6.04 Å². The van der Waals surface area contributed by atoms with E-state index in [4.69, 9.17) is 0 Å². The number of hydrazine groups is 1. The first-order valence-corrected chi connectivity index (χ1v) is 11.3. The fourth-order valence-electron chi connectivity index (χ4n) is 4.31. The SMILES string of the molecule is CC1=C(Cc2ccccc2)NNC(N2CCN(c3cnc(C(C)(C)O)cn3)[C@H](C)C2)=C1C. The molecule has 0 spiro atoms. The molecule has 2 aliphatic heterocycles. The smallest absolute Gasteiger partial charge is 0.147 e. The minimum Gasteiger partial charge on any atom is -0.384 e. The zero-order chi connectivity index (χ0) is 22.9. The van der Waals surface area contributed by atoms with Crippen molar-refractivity contribution in [1.82, 2.24) is 25.7 Å². The molecular formula is C25H34N6O.